The average molecular weight is 336 g/mol. The summed E-state index contributed by atoms with van der Waals surface area (Å²) in [4.78, 5) is 27.8. The Hall–Kier alpha value is -3.42. The van der Waals surface area contributed by atoms with E-state index in [-0.39, 0.29) is 11.6 Å². The van der Waals surface area contributed by atoms with E-state index in [4.69, 9.17) is 0 Å². The van der Waals surface area contributed by atoms with E-state index < -0.39 is 0 Å². The van der Waals surface area contributed by atoms with Gasteiger partial charge in [-0.2, -0.15) is 14.5 Å². The van der Waals surface area contributed by atoms with E-state index in [0.29, 0.717) is 40.2 Å². The van der Waals surface area contributed by atoms with Crippen molar-refractivity contribution in [3.63, 3.8) is 0 Å². The third kappa shape index (κ3) is 2.22. The van der Waals surface area contributed by atoms with Crippen LogP contribution in [0.5, 0.6) is 0 Å². The van der Waals surface area contributed by atoms with Gasteiger partial charge in [0.2, 0.25) is 0 Å². The van der Waals surface area contributed by atoms with Crippen LogP contribution in [0.15, 0.2) is 41.3 Å². The van der Waals surface area contributed by atoms with Crippen molar-refractivity contribution in [2.45, 2.75) is 13.8 Å². The summed E-state index contributed by atoms with van der Waals surface area (Å²) in [6.07, 6.45) is 1.58. The van der Waals surface area contributed by atoms with Crippen LogP contribution in [0.3, 0.4) is 0 Å². The van der Waals surface area contributed by atoms with Gasteiger partial charge in [0.15, 0.2) is 5.65 Å². The molecule has 0 bridgehead atoms. The monoisotopic (exact) mass is 336 g/mol. The Kier molecular flexibility index (Phi) is 3.38. The molecule has 25 heavy (non-hydrogen) atoms. The molecular formula is C17H16N6O2. The highest BCUT2D eigenvalue weighted by Crippen LogP contribution is 2.28. The van der Waals surface area contributed by atoms with Gasteiger partial charge in [-0.1, -0.05) is 18.2 Å². The minimum atomic E-state index is -0.317. The van der Waals surface area contributed by atoms with Gasteiger partial charge in [0.1, 0.15) is 5.69 Å². The number of aromatic nitrogens is 5. The zero-order valence-electron chi connectivity index (χ0n) is 13.8. The lowest BCUT2D eigenvalue weighted by molar-refractivity contribution is 0.240. The van der Waals surface area contributed by atoms with Gasteiger partial charge in [0.05, 0.1) is 22.3 Å². The number of para-hydroxylation sites is 1. The number of amides is 1. The lowest BCUT2D eigenvalue weighted by Crippen LogP contribution is -2.29. The van der Waals surface area contributed by atoms with E-state index in [1.807, 2.05) is 37.3 Å². The molecule has 2 N–H and O–H groups in total. The predicted molar refractivity (Wildman–Crippen MR) is 93.3 cm³/mol. The van der Waals surface area contributed by atoms with E-state index in [0.717, 1.165) is 0 Å². The second kappa shape index (κ2) is 5.59. The summed E-state index contributed by atoms with van der Waals surface area (Å²) in [6, 6.07) is 8.90. The van der Waals surface area contributed by atoms with Crippen LogP contribution in [-0.4, -0.2) is 37.1 Å². The molecule has 2 aliphatic rings. The fourth-order valence-electron chi connectivity index (χ4n) is 2.92. The Labute approximate surface area is 142 Å². The number of fused-ring (bicyclic) bond motifs is 3. The number of nitrogens with zero attached hydrogens (tertiary/aromatic N) is 4. The van der Waals surface area contributed by atoms with Crippen LogP contribution in [0.2, 0.25) is 0 Å². The molecule has 0 unspecified atom stereocenters. The predicted octanol–water partition coefficient (Wildman–Crippen LogP) is 1.90. The smallest absolute Gasteiger partial charge is 0.342 e. The fourth-order valence-corrected chi connectivity index (χ4v) is 2.92. The van der Waals surface area contributed by atoms with Gasteiger partial charge in [-0.15, -0.1) is 5.10 Å². The summed E-state index contributed by atoms with van der Waals surface area (Å²) >= 11 is 0. The number of carbonyl (C=O) groups excluding carboxylic acids is 1. The molecule has 4 rings (SSSR count). The summed E-state index contributed by atoms with van der Waals surface area (Å²) < 4.78 is 2.65. The quantitative estimate of drug-likeness (QED) is 0.584. The molecule has 0 radical (unpaired) electrons. The number of rotatable bonds is 2. The molecule has 3 heterocycles. The molecule has 1 aromatic heterocycles. The number of hydrogen-bond donors (Lipinski definition) is 2. The molecule has 126 valence electrons. The van der Waals surface area contributed by atoms with Crippen LogP contribution in [0.1, 0.15) is 12.6 Å². The van der Waals surface area contributed by atoms with Gasteiger partial charge in [-0.3, -0.25) is 4.79 Å². The summed E-state index contributed by atoms with van der Waals surface area (Å²) in [5.41, 5.74) is 2.58. The van der Waals surface area contributed by atoms with Crippen molar-refractivity contribution in [3.8, 4) is 16.9 Å². The minimum absolute atomic E-state index is 0.218. The fraction of sp³-hybridized carbons (Fsp3) is 0.176. The first-order valence-electron chi connectivity index (χ1n) is 7.95. The van der Waals surface area contributed by atoms with Crippen molar-refractivity contribution in [2.75, 3.05) is 6.54 Å². The molecule has 1 amide bonds. The molecule has 0 fully saturated rings. The van der Waals surface area contributed by atoms with Crippen molar-refractivity contribution in [1.29, 1.82) is 0 Å². The molecule has 0 saturated heterocycles. The Morgan fingerprint density at radius 1 is 1.24 bits per heavy atom. The lowest BCUT2D eigenvalue weighted by Gasteiger charge is -2.02. The van der Waals surface area contributed by atoms with Crippen molar-refractivity contribution in [2.24, 2.45) is 0 Å². The van der Waals surface area contributed by atoms with Gasteiger partial charge >= 0.3 is 6.03 Å². The van der Waals surface area contributed by atoms with Gasteiger partial charge < -0.3 is 10.3 Å². The molecule has 0 saturated carbocycles. The number of H-pyrrole nitrogens is 1. The van der Waals surface area contributed by atoms with Crippen molar-refractivity contribution < 1.29 is 4.79 Å². The topological polar surface area (TPSA) is 97.6 Å². The van der Waals surface area contributed by atoms with E-state index in [1.54, 1.807) is 13.1 Å². The Balaban J connectivity index is 1.98. The van der Waals surface area contributed by atoms with Crippen LogP contribution < -0.4 is 10.9 Å². The highest BCUT2D eigenvalue weighted by Gasteiger charge is 2.24. The molecule has 2 aromatic rings. The van der Waals surface area contributed by atoms with Crippen molar-refractivity contribution in [3.05, 3.63) is 52.6 Å². The first kappa shape index (κ1) is 15.1. The number of nitrogens with one attached hydrogen (secondary N) is 2. The molecular weight excluding hydrogens is 320 g/mol. The Bertz CT molecular complexity index is 1110. The summed E-state index contributed by atoms with van der Waals surface area (Å²) in [5.74, 6) is 0. The Morgan fingerprint density at radius 2 is 2.00 bits per heavy atom. The Morgan fingerprint density at radius 3 is 2.72 bits per heavy atom. The van der Waals surface area contributed by atoms with Crippen LogP contribution in [0.4, 0.5) is 4.79 Å². The average Bonchev–Trinajstić information content (AvgIpc) is 3.14. The third-order valence-electron chi connectivity index (χ3n) is 4.11. The standard InChI is InChI=1S/C17H16N6O2/c1-3-18-17(25)22-10(2)13-14-12(9-19-15(13)21-22)16(24)23(20-14)11-7-5-4-6-8-11/h4-9H,3H2,1-2H3,(H,18,25)(H,19,21). The minimum Gasteiger partial charge on any atom is -0.344 e. The van der Waals surface area contributed by atoms with E-state index >= 15 is 0 Å². The maximum absolute atomic E-state index is 12.7. The summed E-state index contributed by atoms with van der Waals surface area (Å²) in [7, 11) is 0. The molecule has 8 heteroatoms. The van der Waals surface area contributed by atoms with Crippen LogP contribution in [-0.2, 0) is 0 Å². The first-order valence-corrected chi connectivity index (χ1v) is 7.95. The number of benzene rings is 1. The third-order valence-corrected chi connectivity index (χ3v) is 4.11. The number of hydrogen-bond acceptors (Lipinski definition) is 4. The molecule has 0 aliphatic carbocycles. The highest BCUT2D eigenvalue weighted by molar-refractivity contribution is 5.95. The van der Waals surface area contributed by atoms with Crippen LogP contribution in [0.25, 0.3) is 28.0 Å². The van der Waals surface area contributed by atoms with Crippen LogP contribution in [0, 0.1) is 6.92 Å². The maximum Gasteiger partial charge on any atom is 0.342 e. The van der Waals surface area contributed by atoms with Gasteiger partial charge in [-0.05, 0) is 26.0 Å². The highest BCUT2D eigenvalue weighted by atomic mass is 16.2. The van der Waals surface area contributed by atoms with Gasteiger partial charge in [-0.25, -0.2) is 4.79 Å². The first-order chi connectivity index (χ1) is 12.1. The zero-order chi connectivity index (χ0) is 17.6. The molecule has 1 aromatic carbocycles. The van der Waals surface area contributed by atoms with E-state index in [1.165, 1.54) is 9.36 Å². The van der Waals surface area contributed by atoms with Gasteiger partial charge in [0.25, 0.3) is 5.56 Å². The molecule has 0 atom stereocenters. The van der Waals surface area contributed by atoms with E-state index in [9.17, 15) is 9.59 Å². The number of carbonyl (C=O) groups is 1. The largest absolute Gasteiger partial charge is 0.344 e. The second-order valence-corrected chi connectivity index (χ2v) is 5.66. The molecule has 2 aliphatic heterocycles. The van der Waals surface area contributed by atoms with Crippen molar-refractivity contribution in [1.82, 2.24) is 29.9 Å². The van der Waals surface area contributed by atoms with Crippen molar-refractivity contribution >= 4 is 17.1 Å². The molecule has 0 spiro atoms. The van der Waals surface area contributed by atoms with Crippen LogP contribution >= 0.6 is 0 Å². The lowest BCUT2D eigenvalue weighted by atomic mass is 10.1. The number of aromatic amines is 1. The zero-order valence-corrected chi connectivity index (χ0v) is 13.8. The number of aryl methyl sites for hydroxylation is 1. The second-order valence-electron chi connectivity index (χ2n) is 5.66. The number of pyridine rings is 1. The summed E-state index contributed by atoms with van der Waals surface area (Å²) in [6.45, 7) is 4.12. The SMILES string of the molecule is CCNC(=O)n1nc2[nH]cc3c(=O)n(-c4ccccc4)nc-3c2c1C. The maximum atomic E-state index is 12.7. The van der Waals surface area contributed by atoms with E-state index in [2.05, 4.69) is 20.5 Å². The van der Waals surface area contributed by atoms with Gasteiger partial charge in [0, 0.05) is 12.7 Å². The normalized spacial score (nSPS) is 11.3. The molecule has 8 nitrogen and oxygen atoms in total. The summed E-state index contributed by atoms with van der Waals surface area (Å²) in [5, 5.41) is 12.2.